The zero-order chi connectivity index (χ0) is 29.8. The second-order valence-corrected chi connectivity index (χ2v) is 11.5. The Morgan fingerprint density at radius 1 is 0.738 bits per heavy atom. The molecule has 0 aromatic heterocycles. The Labute approximate surface area is 257 Å². The number of hydrazone groups is 1. The van der Waals surface area contributed by atoms with Gasteiger partial charge in [0.25, 0.3) is 0 Å². The molecule has 0 saturated carbocycles. The lowest BCUT2D eigenvalue weighted by Crippen LogP contribution is -2.17. The number of halogens is 1. The Kier molecular flexibility index (Phi) is 15.8. The molecule has 1 amide bonds. The smallest absolute Gasteiger partial charge is 0.343 e. The molecular weight excluding hydrogens is 544 g/mol. The quantitative estimate of drug-likeness (QED) is 0.0468. The van der Waals surface area contributed by atoms with E-state index in [0.29, 0.717) is 28.3 Å². The van der Waals surface area contributed by atoms with Crippen LogP contribution in [-0.2, 0) is 4.79 Å². The highest BCUT2D eigenvalue weighted by atomic mass is 35.5. The first-order chi connectivity index (χ1) is 20.6. The van der Waals surface area contributed by atoms with Crippen molar-refractivity contribution >= 4 is 40.5 Å². The van der Waals surface area contributed by atoms with Crippen LogP contribution in [0.1, 0.15) is 126 Å². The lowest BCUT2D eigenvalue weighted by Gasteiger charge is -2.10. The third kappa shape index (κ3) is 12.4. The molecule has 0 aliphatic heterocycles. The number of ether oxygens (including phenoxy) is 1. The molecule has 0 heterocycles. The summed E-state index contributed by atoms with van der Waals surface area (Å²) in [4.78, 5) is 25.1. The van der Waals surface area contributed by atoms with Crippen LogP contribution in [0.3, 0.4) is 0 Å². The molecule has 0 aliphatic rings. The van der Waals surface area contributed by atoms with Gasteiger partial charge in [-0.1, -0.05) is 139 Å². The monoisotopic (exact) mass is 590 g/mol. The summed E-state index contributed by atoms with van der Waals surface area (Å²) in [5, 5.41) is 6.60. The molecule has 0 fully saturated rings. The van der Waals surface area contributed by atoms with Gasteiger partial charge >= 0.3 is 5.97 Å². The largest absolute Gasteiger partial charge is 0.422 e. The molecule has 5 nitrogen and oxygen atoms in total. The van der Waals surface area contributed by atoms with Gasteiger partial charge in [0, 0.05) is 17.0 Å². The molecule has 0 saturated heterocycles. The van der Waals surface area contributed by atoms with Crippen molar-refractivity contribution in [2.75, 3.05) is 0 Å². The highest BCUT2D eigenvalue weighted by molar-refractivity contribution is 6.30. The van der Waals surface area contributed by atoms with Crippen LogP contribution in [0.25, 0.3) is 10.8 Å². The number of fused-ring (bicyclic) bond motifs is 1. The molecule has 226 valence electrons. The van der Waals surface area contributed by atoms with Gasteiger partial charge in [-0.3, -0.25) is 4.79 Å². The first-order valence-electron chi connectivity index (χ1n) is 15.9. The van der Waals surface area contributed by atoms with Crippen LogP contribution in [0, 0.1) is 0 Å². The summed E-state index contributed by atoms with van der Waals surface area (Å²) >= 11 is 5.94. The molecule has 0 unspecified atom stereocenters. The maximum Gasteiger partial charge on any atom is 0.343 e. The molecule has 0 spiro atoms. The molecule has 0 atom stereocenters. The normalized spacial score (nSPS) is 11.3. The Hall–Kier alpha value is -3.18. The molecule has 0 radical (unpaired) electrons. The first kappa shape index (κ1) is 33.3. The lowest BCUT2D eigenvalue weighted by molar-refractivity contribution is -0.121. The van der Waals surface area contributed by atoms with E-state index in [1.807, 2.05) is 30.3 Å². The molecule has 6 heteroatoms. The summed E-state index contributed by atoms with van der Waals surface area (Å²) in [5.41, 5.74) is 3.66. The number of nitrogens with one attached hydrogen (secondary N) is 1. The summed E-state index contributed by atoms with van der Waals surface area (Å²) in [7, 11) is 0. The van der Waals surface area contributed by atoms with Gasteiger partial charge in [0.15, 0.2) is 0 Å². The Balaban J connectivity index is 1.35. The summed E-state index contributed by atoms with van der Waals surface area (Å²) < 4.78 is 5.71. The highest BCUT2D eigenvalue weighted by Gasteiger charge is 2.14. The fraction of sp³-hybridized carbons (Fsp3) is 0.472. The van der Waals surface area contributed by atoms with Crippen molar-refractivity contribution < 1.29 is 14.3 Å². The summed E-state index contributed by atoms with van der Waals surface area (Å²) in [6.45, 7) is 2.27. The van der Waals surface area contributed by atoms with E-state index in [2.05, 4.69) is 17.5 Å². The van der Waals surface area contributed by atoms with Gasteiger partial charge in [0.2, 0.25) is 5.91 Å². The van der Waals surface area contributed by atoms with E-state index in [1.54, 1.807) is 36.5 Å². The zero-order valence-electron chi connectivity index (χ0n) is 25.2. The van der Waals surface area contributed by atoms with Crippen molar-refractivity contribution in [2.45, 2.75) is 110 Å². The number of hydrogen-bond acceptors (Lipinski definition) is 4. The maximum absolute atomic E-state index is 12.7. The number of nitrogens with zero attached hydrogens (tertiary/aromatic N) is 1. The number of hydrogen-bond donors (Lipinski definition) is 1. The van der Waals surface area contributed by atoms with Crippen LogP contribution in [0.15, 0.2) is 65.8 Å². The number of benzene rings is 3. The lowest BCUT2D eigenvalue weighted by atomic mass is 10.0. The molecular formula is C36H47ClN2O3. The van der Waals surface area contributed by atoms with E-state index in [0.717, 1.165) is 23.6 Å². The molecule has 3 aromatic carbocycles. The average Bonchev–Trinajstić information content (AvgIpc) is 3.00. The van der Waals surface area contributed by atoms with E-state index in [4.69, 9.17) is 16.3 Å². The van der Waals surface area contributed by atoms with Crippen molar-refractivity contribution in [1.29, 1.82) is 0 Å². The van der Waals surface area contributed by atoms with Gasteiger partial charge < -0.3 is 4.74 Å². The van der Waals surface area contributed by atoms with Gasteiger partial charge in [-0.25, -0.2) is 10.2 Å². The van der Waals surface area contributed by atoms with Gasteiger partial charge in [0.1, 0.15) is 5.75 Å². The topological polar surface area (TPSA) is 67.8 Å². The minimum absolute atomic E-state index is 0.110. The van der Waals surface area contributed by atoms with Crippen LogP contribution in [0.2, 0.25) is 5.02 Å². The van der Waals surface area contributed by atoms with Gasteiger partial charge in [0.05, 0.1) is 11.8 Å². The third-order valence-electron chi connectivity index (χ3n) is 7.60. The van der Waals surface area contributed by atoms with Crippen molar-refractivity contribution in [1.82, 2.24) is 5.43 Å². The fourth-order valence-corrected chi connectivity index (χ4v) is 5.25. The zero-order valence-corrected chi connectivity index (χ0v) is 26.0. The molecule has 1 N–H and O–H groups in total. The van der Waals surface area contributed by atoms with E-state index in [-0.39, 0.29) is 5.91 Å². The van der Waals surface area contributed by atoms with E-state index in [1.165, 1.54) is 83.5 Å². The van der Waals surface area contributed by atoms with Crippen molar-refractivity contribution in [2.24, 2.45) is 5.10 Å². The summed E-state index contributed by atoms with van der Waals surface area (Å²) in [6, 6.07) is 18.0. The summed E-state index contributed by atoms with van der Waals surface area (Å²) in [6.07, 6.45) is 21.4. The fourth-order valence-electron chi connectivity index (χ4n) is 5.12. The minimum Gasteiger partial charge on any atom is -0.422 e. The summed E-state index contributed by atoms with van der Waals surface area (Å²) in [5.74, 6) is -0.233. The SMILES string of the molecule is CCCCCCCCCCCCCCCCCC(=O)N/N=C/c1c(OC(=O)c2ccc(Cl)cc2)ccc2ccccc12. The van der Waals surface area contributed by atoms with Gasteiger partial charge in [-0.05, 0) is 47.5 Å². The van der Waals surface area contributed by atoms with Crippen molar-refractivity contribution in [3.05, 3.63) is 76.8 Å². The average molecular weight is 591 g/mol. The van der Waals surface area contributed by atoms with Crippen LogP contribution in [0.4, 0.5) is 0 Å². The second kappa shape index (κ2) is 19.9. The second-order valence-electron chi connectivity index (χ2n) is 11.1. The van der Waals surface area contributed by atoms with Crippen LogP contribution in [-0.4, -0.2) is 18.1 Å². The number of carbonyl (C=O) groups is 2. The molecule has 42 heavy (non-hydrogen) atoms. The predicted octanol–water partition coefficient (Wildman–Crippen LogP) is 10.4. The standard InChI is InChI=1S/C36H47ClN2O3/c1-2-3-4-5-6-7-8-9-10-11-12-13-14-15-16-21-35(40)39-38-28-33-32-20-18-17-19-29(32)24-27-34(33)42-36(41)30-22-25-31(37)26-23-30/h17-20,22-28H,2-16,21H2,1H3,(H,39,40)/b38-28+. The molecule has 3 rings (SSSR count). The van der Waals surface area contributed by atoms with E-state index < -0.39 is 5.97 Å². The minimum atomic E-state index is -0.492. The maximum atomic E-state index is 12.7. The molecule has 0 aliphatic carbocycles. The first-order valence-corrected chi connectivity index (χ1v) is 16.3. The van der Waals surface area contributed by atoms with Crippen molar-refractivity contribution in [3.8, 4) is 5.75 Å². The molecule has 0 bridgehead atoms. The molecule has 3 aromatic rings. The number of amides is 1. The number of rotatable bonds is 20. The third-order valence-corrected chi connectivity index (χ3v) is 7.86. The predicted molar refractivity (Wildman–Crippen MR) is 176 cm³/mol. The van der Waals surface area contributed by atoms with E-state index in [9.17, 15) is 9.59 Å². The van der Waals surface area contributed by atoms with Crippen LogP contribution >= 0.6 is 11.6 Å². The Bertz CT molecular complexity index is 1260. The number of carbonyl (C=O) groups excluding carboxylic acids is 2. The van der Waals surface area contributed by atoms with Gasteiger partial charge in [-0.2, -0.15) is 5.10 Å². The number of unbranched alkanes of at least 4 members (excludes halogenated alkanes) is 14. The van der Waals surface area contributed by atoms with Crippen LogP contribution in [0.5, 0.6) is 5.75 Å². The highest BCUT2D eigenvalue weighted by Crippen LogP contribution is 2.27. The van der Waals surface area contributed by atoms with Gasteiger partial charge in [-0.15, -0.1) is 0 Å². The Morgan fingerprint density at radius 2 is 1.31 bits per heavy atom. The Morgan fingerprint density at radius 3 is 1.93 bits per heavy atom. The van der Waals surface area contributed by atoms with E-state index >= 15 is 0 Å². The van der Waals surface area contributed by atoms with Crippen LogP contribution < -0.4 is 10.2 Å². The van der Waals surface area contributed by atoms with Crippen molar-refractivity contribution in [3.63, 3.8) is 0 Å². The number of esters is 1.